The molecule has 0 fully saturated rings. The van der Waals surface area contributed by atoms with Gasteiger partial charge in [0.1, 0.15) is 5.52 Å². The summed E-state index contributed by atoms with van der Waals surface area (Å²) in [7, 11) is 0. The molecule has 1 N–H and O–H groups in total. The molecule has 0 aliphatic heterocycles. The third-order valence-electron chi connectivity index (χ3n) is 3.55. The average Bonchev–Trinajstić information content (AvgIpc) is 2.53. The minimum absolute atomic E-state index is 0.401. The van der Waals surface area contributed by atoms with Crippen molar-refractivity contribution in [3.05, 3.63) is 69.5 Å². The lowest BCUT2D eigenvalue weighted by Gasteiger charge is -2.08. The van der Waals surface area contributed by atoms with E-state index in [0.29, 0.717) is 16.5 Å². The van der Waals surface area contributed by atoms with Crippen LogP contribution < -0.4 is 11.0 Å². The van der Waals surface area contributed by atoms with Gasteiger partial charge in [-0.15, -0.1) is 9.89 Å². The van der Waals surface area contributed by atoms with Crippen LogP contribution in [0.3, 0.4) is 0 Å². The fourth-order valence-corrected chi connectivity index (χ4v) is 2.11. The molecule has 2 aromatic carbocycles. The number of nitrogens with zero attached hydrogens (tertiary/aromatic N) is 3. The lowest BCUT2D eigenvalue weighted by atomic mass is 10.1. The summed E-state index contributed by atoms with van der Waals surface area (Å²) in [6, 6.07) is 12.2. The number of aromatic nitrogens is 3. The summed E-state index contributed by atoms with van der Waals surface area (Å²) in [6.07, 6.45) is 0. The number of benzene rings is 2. The summed E-state index contributed by atoms with van der Waals surface area (Å²) < 4.78 is 0. The maximum atomic E-state index is 12.3. The zero-order valence-corrected chi connectivity index (χ0v) is 12.2. The fourth-order valence-electron chi connectivity index (χ4n) is 2.11. The molecule has 1 amide bonds. The number of fused-ring (bicyclic) bond motifs is 1. The molecular formula is C16H14N4O2. The molecule has 22 heavy (non-hydrogen) atoms. The van der Waals surface area contributed by atoms with Crippen LogP contribution in [-0.4, -0.2) is 21.0 Å². The molecule has 0 bridgehead atoms. The van der Waals surface area contributed by atoms with Gasteiger partial charge in [0.15, 0.2) is 0 Å². The van der Waals surface area contributed by atoms with Gasteiger partial charge in [-0.25, -0.2) is 5.43 Å². The van der Waals surface area contributed by atoms with Crippen LogP contribution >= 0.6 is 0 Å². The van der Waals surface area contributed by atoms with E-state index in [9.17, 15) is 9.59 Å². The van der Waals surface area contributed by atoms with Crippen molar-refractivity contribution in [2.75, 3.05) is 5.43 Å². The van der Waals surface area contributed by atoms with Gasteiger partial charge in [-0.2, -0.15) is 0 Å². The number of amides is 1. The van der Waals surface area contributed by atoms with Crippen LogP contribution in [0.25, 0.3) is 10.9 Å². The van der Waals surface area contributed by atoms with E-state index in [-0.39, 0.29) is 0 Å². The van der Waals surface area contributed by atoms with Gasteiger partial charge in [0.05, 0.1) is 5.39 Å². The van der Waals surface area contributed by atoms with Gasteiger partial charge < -0.3 is 0 Å². The minimum atomic E-state index is -0.414. The van der Waals surface area contributed by atoms with Gasteiger partial charge in [-0.05, 0) is 54.5 Å². The van der Waals surface area contributed by atoms with E-state index in [0.717, 1.165) is 15.9 Å². The molecule has 1 aromatic heterocycles. The molecular weight excluding hydrogens is 280 g/mol. The summed E-state index contributed by atoms with van der Waals surface area (Å²) in [5.74, 6) is -0.408. The van der Waals surface area contributed by atoms with Crippen LogP contribution in [0.4, 0.5) is 0 Å². The van der Waals surface area contributed by atoms with Crippen molar-refractivity contribution in [2.24, 2.45) is 0 Å². The van der Waals surface area contributed by atoms with Gasteiger partial charge in [0.25, 0.3) is 11.5 Å². The van der Waals surface area contributed by atoms with E-state index in [1.807, 2.05) is 19.9 Å². The SMILES string of the molecule is Cc1ccc(C(=O)Nn2nnc3ccccc3c2=O)cc1C. The van der Waals surface area contributed by atoms with Crippen LogP contribution in [0.2, 0.25) is 0 Å². The highest BCUT2D eigenvalue weighted by atomic mass is 16.2. The Hall–Kier alpha value is -3.02. The molecule has 0 atom stereocenters. The second-order valence-electron chi connectivity index (χ2n) is 5.06. The molecule has 0 spiro atoms. The first kappa shape index (κ1) is 13.9. The number of hydrogen-bond donors (Lipinski definition) is 1. The van der Waals surface area contributed by atoms with E-state index in [2.05, 4.69) is 15.7 Å². The van der Waals surface area contributed by atoms with E-state index in [4.69, 9.17) is 0 Å². The Morgan fingerprint density at radius 3 is 2.64 bits per heavy atom. The second kappa shape index (κ2) is 5.40. The molecule has 6 nitrogen and oxygen atoms in total. The van der Waals surface area contributed by atoms with E-state index < -0.39 is 11.5 Å². The predicted molar refractivity (Wildman–Crippen MR) is 83.4 cm³/mol. The Balaban J connectivity index is 1.96. The molecule has 3 rings (SSSR count). The molecule has 0 saturated carbocycles. The molecule has 0 radical (unpaired) electrons. The number of aryl methyl sites for hydroxylation is 2. The highest BCUT2D eigenvalue weighted by Crippen LogP contribution is 2.10. The molecule has 6 heteroatoms. The lowest BCUT2D eigenvalue weighted by molar-refractivity contribution is 0.100. The third kappa shape index (κ3) is 2.46. The lowest BCUT2D eigenvalue weighted by Crippen LogP contribution is -2.35. The van der Waals surface area contributed by atoms with Crippen LogP contribution in [0.15, 0.2) is 47.3 Å². The van der Waals surface area contributed by atoms with E-state index >= 15 is 0 Å². The summed E-state index contributed by atoms with van der Waals surface area (Å²) in [6.45, 7) is 3.89. The van der Waals surface area contributed by atoms with Crippen molar-refractivity contribution in [3.8, 4) is 0 Å². The van der Waals surface area contributed by atoms with Crippen LogP contribution in [0, 0.1) is 13.8 Å². The van der Waals surface area contributed by atoms with E-state index in [1.165, 1.54) is 0 Å². The Bertz CT molecular complexity index is 931. The summed E-state index contributed by atoms with van der Waals surface area (Å²) >= 11 is 0. The van der Waals surface area contributed by atoms with Crippen molar-refractivity contribution in [1.29, 1.82) is 0 Å². The molecule has 0 aliphatic rings. The predicted octanol–water partition coefficient (Wildman–Crippen LogP) is 1.79. The van der Waals surface area contributed by atoms with Crippen molar-refractivity contribution < 1.29 is 4.79 Å². The van der Waals surface area contributed by atoms with Crippen molar-refractivity contribution in [3.63, 3.8) is 0 Å². The van der Waals surface area contributed by atoms with Gasteiger partial charge in [-0.1, -0.05) is 18.2 Å². The number of carbonyl (C=O) groups excluding carboxylic acids is 1. The van der Waals surface area contributed by atoms with Crippen molar-refractivity contribution in [2.45, 2.75) is 13.8 Å². The van der Waals surface area contributed by atoms with Gasteiger partial charge >= 0.3 is 0 Å². The number of carbonyl (C=O) groups is 1. The van der Waals surface area contributed by atoms with Crippen LogP contribution in [-0.2, 0) is 0 Å². The fraction of sp³-hybridized carbons (Fsp3) is 0.125. The van der Waals surface area contributed by atoms with Crippen molar-refractivity contribution in [1.82, 2.24) is 15.1 Å². The first-order valence-electron chi connectivity index (χ1n) is 6.79. The van der Waals surface area contributed by atoms with Crippen LogP contribution in [0.1, 0.15) is 21.5 Å². The van der Waals surface area contributed by atoms with Gasteiger partial charge in [0.2, 0.25) is 0 Å². The standard InChI is InChI=1S/C16H14N4O2/c1-10-7-8-12(9-11(10)2)15(21)18-20-16(22)13-5-3-4-6-14(13)17-19-20/h3-9H,1-2H3,(H,18,21). The maximum absolute atomic E-state index is 12.3. The Kier molecular flexibility index (Phi) is 3.42. The normalized spacial score (nSPS) is 10.6. The van der Waals surface area contributed by atoms with Crippen molar-refractivity contribution >= 4 is 16.8 Å². The zero-order chi connectivity index (χ0) is 15.7. The average molecular weight is 294 g/mol. The number of nitrogens with one attached hydrogen (secondary N) is 1. The highest BCUT2D eigenvalue weighted by Gasteiger charge is 2.10. The summed E-state index contributed by atoms with van der Waals surface area (Å²) in [4.78, 5) is 25.4. The van der Waals surface area contributed by atoms with Crippen LogP contribution in [0.5, 0.6) is 0 Å². The molecule has 0 unspecified atom stereocenters. The largest absolute Gasteiger partial charge is 0.297 e. The maximum Gasteiger partial charge on any atom is 0.297 e. The molecule has 0 aliphatic carbocycles. The number of rotatable bonds is 2. The smallest absolute Gasteiger partial charge is 0.267 e. The summed E-state index contributed by atoms with van der Waals surface area (Å²) in [5, 5.41) is 8.05. The third-order valence-corrected chi connectivity index (χ3v) is 3.55. The highest BCUT2D eigenvalue weighted by molar-refractivity contribution is 6.00. The Labute approximate surface area is 126 Å². The zero-order valence-electron chi connectivity index (χ0n) is 12.2. The molecule has 110 valence electrons. The molecule has 3 aromatic rings. The topological polar surface area (TPSA) is 76.9 Å². The van der Waals surface area contributed by atoms with E-state index in [1.54, 1.807) is 36.4 Å². The monoisotopic (exact) mass is 294 g/mol. The first-order chi connectivity index (χ1) is 10.6. The second-order valence-corrected chi connectivity index (χ2v) is 5.06. The van der Waals surface area contributed by atoms with Gasteiger partial charge in [-0.3, -0.25) is 9.59 Å². The quantitative estimate of drug-likeness (QED) is 0.781. The summed E-state index contributed by atoms with van der Waals surface area (Å²) in [5.41, 5.74) is 5.10. The first-order valence-corrected chi connectivity index (χ1v) is 6.79. The minimum Gasteiger partial charge on any atom is -0.267 e. The number of hydrogen-bond acceptors (Lipinski definition) is 4. The molecule has 1 heterocycles. The Morgan fingerprint density at radius 2 is 1.86 bits per heavy atom. The molecule has 0 saturated heterocycles. The Morgan fingerprint density at radius 1 is 1.09 bits per heavy atom. The van der Waals surface area contributed by atoms with Gasteiger partial charge in [0, 0.05) is 5.56 Å².